The van der Waals surface area contributed by atoms with Crippen molar-refractivity contribution in [3.8, 4) is 5.75 Å². The van der Waals surface area contributed by atoms with E-state index in [-0.39, 0.29) is 10.6 Å². The highest BCUT2D eigenvalue weighted by Crippen LogP contribution is 2.28. The van der Waals surface area contributed by atoms with Crippen molar-refractivity contribution in [1.82, 2.24) is 0 Å². The number of aromatic hydroxyl groups is 1. The van der Waals surface area contributed by atoms with E-state index in [9.17, 15) is 13.5 Å². The molecule has 0 aliphatic heterocycles. The first-order valence-electron chi connectivity index (χ1n) is 5.15. The van der Waals surface area contributed by atoms with E-state index in [0.29, 0.717) is 14.6 Å². The molecule has 0 saturated heterocycles. The summed E-state index contributed by atoms with van der Waals surface area (Å²) in [4.78, 5) is 0.116. The molecule has 0 radical (unpaired) electrons. The maximum atomic E-state index is 12.2. The molecular formula is C12H9Br2NO3S. The van der Waals surface area contributed by atoms with Gasteiger partial charge in [-0.3, -0.25) is 4.72 Å². The van der Waals surface area contributed by atoms with Gasteiger partial charge in [0.15, 0.2) is 0 Å². The minimum absolute atomic E-state index is 0.00601. The van der Waals surface area contributed by atoms with Crippen LogP contribution < -0.4 is 4.72 Å². The third-order valence-electron chi connectivity index (χ3n) is 2.28. The van der Waals surface area contributed by atoms with Crippen molar-refractivity contribution < 1.29 is 13.5 Å². The van der Waals surface area contributed by atoms with E-state index in [2.05, 4.69) is 36.6 Å². The molecule has 0 aliphatic rings. The fourth-order valence-corrected chi connectivity index (χ4v) is 4.02. The summed E-state index contributed by atoms with van der Waals surface area (Å²) in [7, 11) is -3.72. The third-order valence-corrected chi connectivity index (χ3v) is 5.15. The van der Waals surface area contributed by atoms with Gasteiger partial charge in [0.05, 0.1) is 5.69 Å². The molecule has 0 amide bonds. The molecular weight excluding hydrogens is 398 g/mol. The Morgan fingerprint density at radius 1 is 1.05 bits per heavy atom. The highest BCUT2D eigenvalue weighted by atomic mass is 79.9. The van der Waals surface area contributed by atoms with Gasteiger partial charge < -0.3 is 5.11 Å². The Kier molecular flexibility index (Phi) is 4.17. The van der Waals surface area contributed by atoms with Crippen LogP contribution >= 0.6 is 31.9 Å². The highest BCUT2D eigenvalue weighted by molar-refractivity contribution is 9.11. The summed E-state index contributed by atoms with van der Waals surface area (Å²) in [6.07, 6.45) is 0. The van der Waals surface area contributed by atoms with Crippen LogP contribution in [-0.4, -0.2) is 13.5 Å². The number of rotatable bonds is 3. The smallest absolute Gasteiger partial charge is 0.263 e. The van der Waals surface area contributed by atoms with E-state index in [4.69, 9.17) is 0 Å². The molecule has 19 heavy (non-hydrogen) atoms. The zero-order valence-corrected chi connectivity index (χ0v) is 13.5. The zero-order valence-electron chi connectivity index (χ0n) is 9.47. The van der Waals surface area contributed by atoms with Crippen LogP contribution in [-0.2, 0) is 10.0 Å². The lowest BCUT2D eigenvalue weighted by atomic mass is 10.3. The summed E-state index contributed by atoms with van der Waals surface area (Å²) in [5.41, 5.74) is 0.298. The summed E-state index contributed by atoms with van der Waals surface area (Å²) in [6, 6.07) is 10.8. The molecule has 0 unspecified atom stereocenters. The van der Waals surface area contributed by atoms with E-state index >= 15 is 0 Å². The summed E-state index contributed by atoms with van der Waals surface area (Å²) in [5, 5.41) is 9.33. The molecule has 0 spiro atoms. The van der Waals surface area contributed by atoms with Crippen molar-refractivity contribution in [1.29, 1.82) is 0 Å². The number of phenols is 1. The van der Waals surface area contributed by atoms with Crippen molar-refractivity contribution in [2.75, 3.05) is 4.72 Å². The Hall–Kier alpha value is -1.05. The Labute approximate surface area is 127 Å². The highest BCUT2D eigenvalue weighted by Gasteiger charge is 2.18. The van der Waals surface area contributed by atoms with Crippen LogP contribution in [0.25, 0.3) is 0 Å². The first-order chi connectivity index (χ1) is 8.88. The predicted molar refractivity (Wildman–Crippen MR) is 80.8 cm³/mol. The molecule has 0 saturated carbocycles. The number of anilines is 1. The summed E-state index contributed by atoms with van der Waals surface area (Å²) in [5.74, 6) is -0.00601. The largest absolute Gasteiger partial charge is 0.508 e. The van der Waals surface area contributed by atoms with Crippen molar-refractivity contribution >= 4 is 47.6 Å². The SMILES string of the molecule is O=S(=O)(Nc1cccc(O)c1)c1cc(Br)ccc1Br. The standard InChI is InChI=1S/C12H9Br2NO3S/c13-8-4-5-11(14)12(6-8)19(17,18)15-9-2-1-3-10(16)7-9/h1-7,15-16H. The van der Waals surface area contributed by atoms with Gasteiger partial charge in [-0.15, -0.1) is 0 Å². The fourth-order valence-electron chi connectivity index (χ4n) is 1.46. The first-order valence-corrected chi connectivity index (χ1v) is 8.22. The molecule has 0 heterocycles. The lowest BCUT2D eigenvalue weighted by molar-refractivity contribution is 0.475. The Bertz CT molecular complexity index is 717. The van der Waals surface area contributed by atoms with Crippen LogP contribution in [0.2, 0.25) is 0 Å². The molecule has 2 N–H and O–H groups in total. The zero-order chi connectivity index (χ0) is 14.0. The van der Waals surface area contributed by atoms with Crippen LogP contribution in [0.15, 0.2) is 56.3 Å². The van der Waals surface area contributed by atoms with E-state index in [1.165, 1.54) is 18.2 Å². The monoisotopic (exact) mass is 405 g/mol. The van der Waals surface area contributed by atoms with E-state index in [1.54, 1.807) is 24.3 Å². The number of benzene rings is 2. The quantitative estimate of drug-likeness (QED) is 0.816. The fraction of sp³-hybridized carbons (Fsp3) is 0. The second-order valence-corrected chi connectivity index (χ2v) is 7.15. The lowest BCUT2D eigenvalue weighted by Gasteiger charge is -2.10. The van der Waals surface area contributed by atoms with E-state index < -0.39 is 10.0 Å². The molecule has 2 rings (SSSR count). The second-order valence-electron chi connectivity index (χ2n) is 3.73. The number of hydrogen-bond acceptors (Lipinski definition) is 3. The van der Waals surface area contributed by atoms with Gasteiger partial charge in [-0.25, -0.2) is 8.42 Å². The molecule has 0 bridgehead atoms. The lowest BCUT2D eigenvalue weighted by Crippen LogP contribution is -2.13. The van der Waals surface area contributed by atoms with Crippen LogP contribution in [0.1, 0.15) is 0 Å². The minimum Gasteiger partial charge on any atom is -0.508 e. The van der Waals surface area contributed by atoms with Crippen LogP contribution in [0.3, 0.4) is 0 Å². The Morgan fingerprint density at radius 3 is 2.47 bits per heavy atom. The van der Waals surface area contributed by atoms with Gasteiger partial charge in [-0.1, -0.05) is 22.0 Å². The van der Waals surface area contributed by atoms with Gasteiger partial charge in [0, 0.05) is 15.0 Å². The molecule has 0 fully saturated rings. The summed E-state index contributed by atoms with van der Waals surface area (Å²) < 4.78 is 28.0. The molecule has 100 valence electrons. The van der Waals surface area contributed by atoms with Gasteiger partial charge >= 0.3 is 0 Å². The van der Waals surface area contributed by atoms with Crippen LogP contribution in [0, 0.1) is 0 Å². The molecule has 0 atom stereocenters. The molecule has 4 nitrogen and oxygen atoms in total. The Morgan fingerprint density at radius 2 is 1.79 bits per heavy atom. The van der Waals surface area contributed by atoms with Gasteiger partial charge in [-0.05, 0) is 46.3 Å². The average Bonchev–Trinajstić information content (AvgIpc) is 2.31. The normalized spacial score (nSPS) is 11.3. The molecule has 2 aromatic rings. The van der Waals surface area contributed by atoms with Crippen molar-refractivity contribution in [3.05, 3.63) is 51.4 Å². The molecule has 7 heteroatoms. The van der Waals surface area contributed by atoms with Crippen LogP contribution in [0.5, 0.6) is 5.75 Å². The topological polar surface area (TPSA) is 66.4 Å². The summed E-state index contributed by atoms with van der Waals surface area (Å²) in [6.45, 7) is 0. The number of phenolic OH excluding ortho intramolecular Hbond substituents is 1. The van der Waals surface area contributed by atoms with E-state index in [0.717, 1.165) is 0 Å². The van der Waals surface area contributed by atoms with Crippen LogP contribution in [0.4, 0.5) is 5.69 Å². The van der Waals surface area contributed by atoms with Gasteiger partial charge in [0.2, 0.25) is 0 Å². The van der Waals surface area contributed by atoms with Crippen molar-refractivity contribution in [3.63, 3.8) is 0 Å². The molecule has 2 aromatic carbocycles. The van der Waals surface area contributed by atoms with Crippen molar-refractivity contribution in [2.45, 2.75) is 4.90 Å². The van der Waals surface area contributed by atoms with Crippen molar-refractivity contribution in [2.24, 2.45) is 0 Å². The number of nitrogens with one attached hydrogen (secondary N) is 1. The first kappa shape index (κ1) is 14.4. The second kappa shape index (κ2) is 5.52. The Balaban J connectivity index is 2.40. The maximum Gasteiger partial charge on any atom is 0.263 e. The van der Waals surface area contributed by atoms with Gasteiger partial charge in [0.1, 0.15) is 10.6 Å². The number of hydrogen-bond donors (Lipinski definition) is 2. The number of halogens is 2. The predicted octanol–water partition coefficient (Wildman–Crippen LogP) is 3.72. The average molecular weight is 407 g/mol. The molecule has 0 aliphatic carbocycles. The number of sulfonamides is 1. The summed E-state index contributed by atoms with van der Waals surface area (Å²) >= 11 is 6.44. The van der Waals surface area contributed by atoms with Gasteiger partial charge in [0.25, 0.3) is 10.0 Å². The van der Waals surface area contributed by atoms with E-state index in [1.807, 2.05) is 0 Å². The maximum absolute atomic E-state index is 12.2. The van der Waals surface area contributed by atoms with Gasteiger partial charge in [-0.2, -0.15) is 0 Å². The minimum atomic E-state index is -3.72. The molecule has 0 aromatic heterocycles. The third kappa shape index (κ3) is 3.49.